The molecule has 0 fully saturated rings. The quantitative estimate of drug-likeness (QED) is 0.519. The lowest BCUT2D eigenvalue weighted by Gasteiger charge is -2.19. The van der Waals surface area contributed by atoms with Crippen molar-refractivity contribution in [2.75, 3.05) is 26.0 Å². The SMILES string of the molecule is CN=c1ccc2c(-c3ccccc3C(=O)[O-])c3ccc(N(C)C)cc3oc-2c1. The molecule has 0 atom stereocenters. The van der Waals surface area contributed by atoms with Crippen molar-refractivity contribution in [1.82, 2.24) is 0 Å². The fourth-order valence-electron chi connectivity index (χ4n) is 3.45. The molecule has 0 aromatic heterocycles. The molecule has 4 rings (SSSR count). The minimum atomic E-state index is -1.21. The molecule has 28 heavy (non-hydrogen) atoms. The Bertz CT molecular complexity index is 1240. The number of benzene rings is 3. The number of carboxylic acids is 1. The summed E-state index contributed by atoms with van der Waals surface area (Å²) < 4.78 is 6.19. The van der Waals surface area contributed by atoms with Crippen molar-refractivity contribution in [2.24, 2.45) is 4.99 Å². The van der Waals surface area contributed by atoms with E-state index in [0.717, 1.165) is 27.6 Å². The van der Waals surface area contributed by atoms with E-state index >= 15 is 0 Å². The first-order valence-electron chi connectivity index (χ1n) is 8.91. The van der Waals surface area contributed by atoms with Gasteiger partial charge in [-0.15, -0.1) is 0 Å². The zero-order chi connectivity index (χ0) is 19.8. The van der Waals surface area contributed by atoms with Gasteiger partial charge in [0, 0.05) is 61.0 Å². The van der Waals surface area contributed by atoms with E-state index in [1.165, 1.54) is 0 Å². The van der Waals surface area contributed by atoms with Crippen LogP contribution in [0.4, 0.5) is 5.69 Å². The normalized spacial score (nSPS) is 11.9. The maximum absolute atomic E-state index is 11.8. The lowest BCUT2D eigenvalue weighted by molar-refractivity contribution is -0.254. The van der Waals surface area contributed by atoms with Crippen molar-refractivity contribution in [2.45, 2.75) is 0 Å². The molecule has 0 saturated heterocycles. The molecule has 0 radical (unpaired) electrons. The lowest BCUT2D eigenvalue weighted by Crippen LogP contribution is -2.23. The second kappa shape index (κ2) is 6.85. The van der Waals surface area contributed by atoms with E-state index in [1.54, 1.807) is 25.2 Å². The lowest BCUT2D eigenvalue weighted by atomic mass is 9.90. The number of carbonyl (C=O) groups is 1. The summed E-state index contributed by atoms with van der Waals surface area (Å²) in [4.78, 5) is 18.0. The first-order chi connectivity index (χ1) is 13.5. The molecule has 1 aliphatic heterocycles. The number of hydrogen-bond acceptors (Lipinski definition) is 5. The van der Waals surface area contributed by atoms with Crippen LogP contribution < -0.4 is 15.4 Å². The summed E-state index contributed by atoms with van der Waals surface area (Å²) in [5.41, 5.74) is 4.06. The largest absolute Gasteiger partial charge is 0.545 e. The number of fused-ring (bicyclic) bond motifs is 2. The fourth-order valence-corrected chi connectivity index (χ4v) is 3.45. The van der Waals surface area contributed by atoms with Gasteiger partial charge in [0.1, 0.15) is 11.3 Å². The Balaban J connectivity index is 2.18. The molecular formula is C23H19N2O3-. The topological polar surface area (TPSA) is 68.9 Å². The standard InChI is InChI=1S/C23H20N2O3/c1-24-14-8-10-18-20(12-14)28-21-13-15(25(2)3)9-11-19(21)22(18)16-6-4-5-7-17(16)23(26)27/h4-13H,1-3H3,(H,26,27)/p-1. The van der Waals surface area contributed by atoms with Crippen LogP contribution in [0.3, 0.4) is 0 Å². The Morgan fingerprint density at radius 1 is 1.00 bits per heavy atom. The molecule has 0 amide bonds. The molecular weight excluding hydrogens is 352 g/mol. The van der Waals surface area contributed by atoms with Gasteiger partial charge in [-0.2, -0.15) is 0 Å². The van der Waals surface area contributed by atoms with Gasteiger partial charge >= 0.3 is 0 Å². The molecule has 0 N–H and O–H groups in total. The number of carbonyl (C=O) groups excluding carboxylic acids is 1. The van der Waals surface area contributed by atoms with Crippen LogP contribution in [0.5, 0.6) is 0 Å². The highest BCUT2D eigenvalue weighted by Crippen LogP contribution is 2.41. The first-order valence-corrected chi connectivity index (χ1v) is 8.91. The van der Waals surface area contributed by atoms with Crippen LogP contribution in [0.25, 0.3) is 33.4 Å². The predicted molar refractivity (Wildman–Crippen MR) is 108 cm³/mol. The third-order valence-electron chi connectivity index (χ3n) is 4.88. The Labute approximate surface area is 162 Å². The van der Waals surface area contributed by atoms with Crippen molar-refractivity contribution >= 4 is 22.6 Å². The van der Waals surface area contributed by atoms with Gasteiger partial charge in [-0.25, -0.2) is 0 Å². The van der Waals surface area contributed by atoms with Gasteiger partial charge in [-0.3, -0.25) is 4.99 Å². The Kier molecular flexibility index (Phi) is 4.35. The maximum atomic E-state index is 11.8. The van der Waals surface area contributed by atoms with E-state index in [2.05, 4.69) is 4.99 Å². The van der Waals surface area contributed by atoms with Crippen LogP contribution in [-0.2, 0) is 0 Å². The minimum absolute atomic E-state index is 0.150. The van der Waals surface area contributed by atoms with Gasteiger partial charge < -0.3 is 19.2 Å². The molecule has 2 aromatic carbocycles. The van der Waals surface area contributed by atoms with E-state index in [4.69, 9.17) is 4.42 Å². The molecule has 2 aromatic rings. The van der Waals surface area contributed by atoms with Crippen LogP contribution in [-0.4, -0.2) is 27.1 Å². The monoisotopic (exact) mass is 371 g/mol. The Morgan fingerprint density at radius 2 is 1.79 bits per heavy atom. The zero-order valence-electron chi connectivity index (χ0n) is 15.9. The van der Waals surface area contributed by atoms with Crippen LogP contribution in [0, 0.1) is 0 Å². The number of aromatic carboxylic acids is 1. The fraction of sp³-hybridized carbons (Fsp3) is 0.130. The number of rotatable bonds is 3. The second-order valence-corrected chi connectivity index (χ2v) is 6.79. The van der Waals surface area contributed by atoms with Gasteiger partial charge in [-0.05, 0) is 29.8 Å². The predicted octanol–water partition coefficient (Wildman–Crippen LogP) is 3.16. The average molecular weight is 371 g/mol. The molecule has 5 heteroatoms. The minimum Gasteiger partial charge on any atom is -0.545 e. The Morgan fingerprint density at radius 3 is 2.50 bits per heavy atom. The van der Waals surface area contributed by atoms with Gasteiger partial charge in [0.15, 0.2) is 0 Å². The summed E-state index contributed by atoms with van der Waals surface area (Å²) in [5.74, 6) is -0.558. The summed E-state index contributed by atoms with van der Waals surface area (Å²) in [7, 11) is 5.64. The molecule has 0 spiro atoms. The van der Waals surface area contributed by atoms with Crippen LogP contribution in [0.1, 0.15) is 10.4 Å². The van der Waals surface area contributed by atoms with Crippen molar-refractivity contribution in [3.05, 3.63) is 71.6 Å². The summed E-state index contributed by atoms with van der Waals surface area (Å²) in [6.45, 7) is 0. The smallest absolute Gasteiger partial charge is 0.137 e. The van der Waals surface area contributed by atoms with E-state index < -0.39 is 5.97 Å². The van der Waals surface area contributed by atoms with Crippen LogP contribution in [0.2, 0.25) is 0 Å². The summed E-state index contributed by atoms with van der Waals surface area (Å²) >= 11 is 0. The van der Waals surface area contributed by atoms with E-state index in [0.29, 0.717) is 16.9 Å². The first kappa shape index (κ1) is 17.8. The number of hydrogen-bond donors (Lipinski definition) is 0. The summed E-state index contributed by atoms with van der Waals surface area (Å²) in [6, 6.07) is 18.5. The molecule has 1 aliphatic carbocycles. The zero-order valence-corrected chi connectivity index (χ0v) is 15.9. The van der Waals surface area contributed by atoms with Crippen LogP contribution >= 0.6 is 0 Å². The molecule has 1 heterocycles. The highest BCUT2D eigenvalue weighted by atomic mass is 16.4. The molecule has 0 saturated carbocycles. The Hall–Kier alpha value is -3.60. The third-order valence-corrected chi connectivity index (χ3v) is 4.88. The third kappa shape index (κ3) is 2.91. The average Bonchev–Trinajstić information content (AvgIpc) is 2.70. The van der Waals surface area contributed by atoms with Crippen LogP contribution in [0.15, 0.2) is 70.1 Å². The van der Waals surface area contributed by atoms with Crippen molar-refractivity contribution in [3.63, 3.8) is 0 Å². The second-order valence-electron chi connectivity index (χ2n) is 6.79. The number of nitrogens with zero attached hydrogens (tertiary/aromatic N) is 2. The molecule has 140 valence electrons. The van der Waals surface area contributed by atoms with Gasteiger partial charge in [0.2, 0.25) is 0 Å². The number of carboxylic acid groups (broad SMARTS) is 1. The van der Waals surface area contributed by atoms with Gasteiger partial charge in [0.25, 0.3) is 0 Å². The molecule has 0 unspecified atom stereocenters. The maximum Gasteiger partial charge on any atom is 0.137 e. The van der Waals surface area contributed by atoms with E-state index in [9.17, 15) is 9.90 Å². The van der Waals surface area contributed by atoms with E-state index in [-0.39, 0.29) is 5.56 Å². The highest BCUT2D eigenvalue weighted by Gasteiger charge is 2.19. The van der Waals surface area contributed by atoms with Crippen molar-refractivity contribution < 1.29 is 14.3 Å². The van der Waals surface area contributed by atoms with Gasteiger partial charge in [0.05, 0.1) is 11.3 Å². The summed E-state index contributed by atoms with van der Waals surface area (Å²) in [6.07, 6.45) is 0. The number of anilines is 1. The molecule has 0 bridgehead atoms. The summed E-state index contributed by atoms with van der Waals surface area (Å²) in [5, 5.41) is 13.4. The molecule has 5 nitrogen and oxygen atoms in total. The van der Waals surface area contributed by atoms with Crippen molar-refractivity contribution in [1.29, 1.82) is 0 Å². The van der Waals surface area contributed by atoms with E-state index in [1.807, 2.05) is 61.5 Å². The van der Waals surface area contributed by atoms with Gasteiger partial charge in [-0.1, -0.05) is 24.3 Å². The molecule has 2 aliphatic rings. The highest BCUT2D eigenvalue weighted by molar-refractivity contribution is 6.07. The van der Waals surface area contributed by atoms with Crippen molar-refractivity contribution in [3.8, 4) is 22.5 Å².